The van der Waals surface area contributed by atoms with E-state index in [4.69, 9.17) is 28.0 Å². The summed E-state index contributed by atoms with van der Waals surface area (Å²) in [6, 6.07) is 59.8. The first kappa shape index (κ1) is 94.7. The fourth-order valence-corrected chi connectivity index (χ4v) is 14.9. The predicted molar refractivity (Wildman–Crippen MR) is 499 cm³/mol. The third-order valence-corrected chi connectivity index (χ3v) is 19.7. The number of nitrogens with one attached hydrogen (secondary N) is 2. The molecule has 4 unspecified atom stereocenters. The molecular formula is C96H125N25. The standard InChI is InChI=1S/C20H17N5.3C15H15N5.C7H6N2.C5H5N.C3H4N2.8C2H6/c21-20-19-18(22-12-23-20)17(24-25(19)14-7-2-1-3-8-14)16-11-10-13-6-4-5-9-15(13)16;3*1-20-14-13(17-8-18-15(14)16)12(19-20)11-7-6-9-4-2-3-5-10(9)11;1-2-4-7-6(3-1)8-5-9-7;1-2-4-6-5-3-1;1-2-4-5-3-1;8*1-2/h1-9,12,16H,10-11H2,(H2,21,22,23);3*2-5,8,11H,6-7H2,1H3,(H2,16,17,18);1-5H,(H,8,9);1-5H;1-3H,(H,4,5);8*1-2H3. The third kappa shape index (κ3) is 22.7. The molecule has 0 saturated heterocycles. The molecule has 11 aromatic heterocycles. The topological polar surface area (TPSA) is 349 Å². The van der Waals surface area contributed by atoms with Gasteiger partial charge in [0.2, 0.25) is 0 Å². The van der Waals surface area contributed by atoms with Crippen molar-refractivity contribution in [3.8, 4) is 5.69 Å². The second-order valence-corrected chi connectivity index (χ2v) is 25.9. The number of imidazole rings is 1. The Morgan fingerprint density at radius 1 is 0.314 bits per heavy atom. The molecule has 0 radical (unpaired) electrons. The van der Waals surface area contributed by atoms with Crippen molar-refractivity contribution in [2.24, 2.45) is 21.1 Å². The van der Waals surface area contributed by atoms with Crippen LogP contribution in [-0.4, -0.2) is 104 Å². The Hall–Kier alpha value is -13.5. The predicted octanol–water partition coefficient (Wildman–Crippen LogP) is 20.8. The number of aromatic nitrogens is 21. The van der Waals surface area contributed by atoms with Crippen LogP contribution >= 0.6 is 0 Å². The third-order valence-electron chi connectivity index (χ3n) is 19.7. The Labute approximate surface area is 713 Å². The maximum absolute atomic E-state index is 6.19. The number of aryl methyl sites for hydroxylation is 7. The molecular weight excluding hydrogens is 1500 g/mol. The molecule has 4 aliphatic carbocycles. The van der Waals surface area contributed by atoms with Crippen LogP contribution in [0.4, 0.5) is 23.3 Å². The molecule has 0 fully saturated rings. The summed E-state index contributed by atoms with van der Waals surface area (Å²) in [7, 11) is 5.69. The van der Waals surface area contributed by atoms with E-state index in [-0.39, 0.29) is 5.92 Å². The highest BCUT2D eigenvalue weighted by Crippen LogP contribution is 2.44. The molecule has 0 saturated carbocycles. The summed E-state index contributed by atoms with van der Waals surface area (Å²) in [6.07, 6.45) is 23.4. The second-order valence-electron chi connectivity index (χ2n) is 25.9. The van der Waals surface area contributed by atoms with Gasteiger partial charge in [0.15, 0.2) is 23.3 Å². The van der Waals surface area contributed by atoms with Crippen molar-refractivity contribution in [2.75, 3.05) is 22.9 Å². The van der Waals surface area contributed by atoms with Crippen LogP contribution in [0.1, 0.15) is 227 Å². The van der Waals surface area contributed by atoms with Gasteiger partial charge < -0.3 is 27.9 Å². The Balaban J connectivity index is 0.000000196. The van der Waals surface area contributed by atoms with Gasteiger partial charge in [0, 0.05) is 69.6 Å². The van der Waals surface area contributed by atoms with Crippen molar-refractivity contribution < 1.29 is 0 Å². The number of hydrogen-bond donors (Lipinski definition) is 6. The van der Waals surface area contributed by atoms with E-state index in [9.17, 15) is 0 Å². The Bertz CT molecular complexity index is 5410. The fraction of sp³-hybridized carbons (Fsp3) is 0.323. The van der Waals surface area contributed by atoms with Crippen LogP contribution in [-0.2, 0) is 46.8 Å². The van der Waals surface area contributed by atoms with E-state index in [0.717, 1.165) is 135 Å². The molecule has 11 heterocycles. The van der Waals surface area contributed by atoms with Gasteiger partial charge in [-0.1, -0.05) is 244 Å². The number of H-pyrrole nitrogens is 2. The lowest BCUT2D eigenvalue weighted by Crippen LogP contribution is -2.01. The van der Waals surface area contributed by atoms with Crippen LogP contribution in [0.5, 0.6) is 0 Å². The van der Waals surface area contributed by atoms with Crippen molar-refractivity contribution in [3.63, 3.8) is 0 Å². The molecule has 0 bridgehead atoms. The molecule has 0 amide bonds. The van der Waals surface area contributed by atoms with Crippen LogP contribution in [0, 0.1) is 0 Å². The number of nitrogens with two attached hydrogens (primary N) is 4. The van der Waals surface area contributed by atoms with Crippen molar-refractivity contribution in [1.29, 1.82) is 0 Å². The first-order chi connectivity index (χ1) is 59.6. The minimum Gasteiger partial charge on any atom is -0.382 e. The summed E-state index contributed by atoms with van der Waals surface area (Å²) in [6.45, 7) is 32.0. The summed E-state index contributed by atoms with van der Waals surface area (Å²) in [5, 5.41) is 25.1. The Morgan fingerprint density at radius 2 is 0.628 bits per heavy atom. The molecule has 4 aliphatic rings. The SMILES string of the molecule is CC.CC.CC.CC.CC.CC.CC.CC.Cn1nc(C2CCc3ccccc32)c2ncnc(N)c21.Cn1nc(C2CCc3ccccc32)c2ncnc(N)c21.Cn1nc(C2CCc3ccccc32)c2ncnc(N)c21.Nc1ncnc2c(C3CCc4ccccc43)nn(-c3ccccc3)c12.c1ccc2[nH]cnc2c1.c1ccncc1.c1cn[nH]c1. The number of fused-ring (bicyclic) bond motifs is 9. The molecule has 25 nitrogen and oxygen atoms in total. The molecule has 0 spiro atoms. The number of nitrogens with zero attached hydrogens (tertiary/aromatic N) is 19. The molecule has 21 rings (SSSR count). The highest BCUT2D eigenvalue weighted by Gasteiger charge is 2.33. The maximum atomic E-state index is 6.19. The lowest BCUT2D eigenvalue weighted by molar-refractivity contribution is 0.708. The van der Waals surface area contributed by atoms with Crippen LogP contribution in [0.15, 0.2) is 232 Å². The van der Waals surface area contributed by atoms with Crippen LogP contribution in [0.25, 0.3) is 60.9 Å². The molecule has 121 heavy (non-hydrogen) atoms. The van der Waals surface area contributed by atoms with Crippen LogP contribution in [0.3, 0.4) is 0 Å². The highest BCUT2D eigenvalue weighted by molar-refractivity contribution is 5.90. The zero-order valence-electron chi connectivity index (χ0n) is 74.2. The summed E-state index contributed by atoms with van der Waals surface area (Å²) >= 11 is 0. The van der Waals surface area contributed by atoms with E-state index in [0.29, 0.717) is 41.0 Å². The molecule has 4 atom stereocenters. The van der Waals surface area contributed by atoms with Crippen molar-refractivity contribution in [1.82, 2.24) is 104 Å². The molecule has 17 aromatic rings. The number of aromatic amines is 2. The fourth-order valence-electron chi connectivity index (χ4n) is 14.9. The highest BCUT2D eigenvalue weighted by atomic mass is 15.3. The Kier molecular flexibility index (Phi) is 38.9. The van der Waals surface area contributed by atoms with E-state index in [1.54, 1.807) is 45.2 Å². The second kappa shape index (κ2) is 49.7. The van der Waals surface area contributed by atoms with E-state index in [1.807, 2.05) is 215 Å². The lowest BCUT2D eigenvalue weighted by Gasteiger charge is -2.08. The largest absolute Gasteiger partial charge is 0.382 e. The number of hydrogen-bond acceptors (Lipinski definition) is 19. The lowest BCUT2D eigenvalue weighted by atomic mass is 9.97. The van der Waals surface area contributed by atoms with Crippen LogP contribution < -0.4 is 22.9 Å². The average molecular weight is 1630 g/mol. The summed E-state index contributed by atoms with van der Waals surface area (Å²) < 4.78 is 7.25. The normalized spacial score (nSPS) is 13.9. The van der Waals surface area contributed by atoms with Gasteiger partial charge in [-0.25, -0.2) is 49.5 Å². The molecule has 6 aromatic carbocycles. The van der Waals surface area contributed by atoms with E-state index in [1.165, 1.54) is 69.8 Å². The summed E-state index contributed by atoms with van der Waals surface area (Å²) in [4.78, 5) is 45.0. The van der Waals surface area contributed by atoms with E-state index >= 15 is 0 Å². The van der Waals surface area contributed by atoms with Gasteiger partial charge >= 0.3 is 0 Å². The van der Waals surface area contributed by atoms with Gasteiger partial charge in [0.1, 0.15) is 69.4 Å². The minimum absolute atomic E-state index is 0.248. The van der Waals surface area contributed by atoms with E-state index in [2.05, 4.69) is 177 Å². The quantitative estimate of drug-likeness (QED) is 0.0932. The minimum atomic E-state index is 0.248. The van der Waals surface area contributed by atoms with Gasteiger partial charge in [-0.15, -0.1) is 0 Å². The number of pyridine rings is 1. The van der Waals surface area contributed by atoms with Crippen molar-refractivity contribution in [2.45, 2.75) is 186 Å². The first-order valence-corrected chi connectivity index (χ1v) is 42.9. The first-order valence-electron chi connectivity index (χ1n) is 42.9. The summed E-state index contributed by atoms with van der Waals surface area (Å²) in [5.74, 6) is 3.10. The average Bonchev–Trinajstić information content (AvgIpc) is 1.62. The van der Waals surface area contributed by atoms with Crippen molar-refractivity contribution in [3.05, 3.63) is 300 Å². The van der Waals surface area contributed by atoms with Gasteiger partial charge in [0.25, 0.3) is 0 Å². The Morgan fingerprint density at radius 3 is 0.942 bits per heavy atom. The maximum Gasteiger partial charge on any atom is 0.153 e. The van der Waals surface area contributed by atoms with Gasteiger partial charge in [-0.2, -0.15) is 25.5 Å². The number of rotatable bonds is 5. The van der Waals surface area contributed by atoms with E-state index < -0.39 is 0 Å². The smallest absolute Gasteiger partial charge is 0.153 e. The zero-order valence-corrected chi connectivity index (χ0v) is 74.2. The monoisotopic (exact) mass is 1630 g/mol. The molecule has 634 valence electrons. The van der Waals surface area contributed by atoms with Crippen LogP contribution in [0.2, 0.25) is 0 Å². The molecule has 25 heteroatoms. The van der Waals surface area contributed by atoms with Gasteiger partial charge in [-0.3, -0.25) is 24.1 Å². The van der Waals surface area contributed by atoms with Gasteiger partial charge in [-0.05, 0) is 138 Å². The van der Waals surface area contributed by atoms with Crippen molar-refractivity contribution >= 4 is 78.4 Å². The molecule has 0 aliphatic heterocycles. The summed E-state index contributed by atoms with van der Waals surface area (Å²) in [5.41, 5.74) is 49.0. The number of para-hydroxylation sites is 3. The zero-order chi connectivity index (χ0) is 87.8. The number of nitrogen functional groups attached to an aromatic ring is 4. The number of anilines is 4. The molecule has 10 N–H and O–H groups in total. The van der Waals surface area contributed by atoms with Gasteiger partial charge in [0.05, 0.1) is 45.8 Å². The number of benzene rings is 6.